The Morgan fingerprint density at radius 1 is 1.00 bits per heavy atom. The number of benzene rings is 2. The van der Waals surface area contributed by atoms with Crippen molar-refractivity contribution in [3.8, 4) is 17.2 Å². The van der Waals surface area contributed by atoms with E-state index >= 15 is 0 Å². The smallest absolute Gasteiger partial charge is 0.133 e. The van der Waals surface area contributed by atoms with Gasteiger partial charge in [0.15, 0.2) is 0 Å². The largest absolute Gasteiger partial charge is 0.508 e. The first-order valence-electron chi connectivity index (χ1n) is 5.84. The zero-order chi connectivity index (χ0) is 13.2. The van der Waals surface area contributed by atoms with Gasteiger partial charge in [-0.25, -0.2) is 0 Å². The summed E-state index contributed by atoms with van der Waals surface area (Å²) in [5.74, 6) is 1.23. The van der Waals surface area contributed by atoms with E-state index in [1.165, 1.54) is 11.3 Å². The second kappa shape index (κ2) is 4.82. The Balaban J connectivity index is 1.78. The van der Waals surface area contributed by atoms with Gasteiger partial charge < -0.3 is 14.9 Å². The van der Waals surface area contributed by atoms with Gasteiger partial charge in [-0.3, -0.25) is 0 Å². The van der Waals surface area contributed by atoms with Gasteiger partial charge in [-0.2, -0.15) is 0 Å². The van der Waals surface area contributed by atoms with Gasteiger partial charge in [-0.1, -0.05) is 12.1 Å². The first-order chi connectivity index (χ1) is 9.22. The number of hydrogen-bond donors (Lipinski definition) is 2. The molecule has 96 valence electrons. The molecule has 0 radical (unpaired) electrons. The second-order valence-corrected chi connectivity index (χ2v) is 5.33. The van der Waals surface area contributed by atoms with Crippen LogP contribution in [0, 0.1) is 0 Å². The van der Waals surface area contributed by atoms with Crippen LogP contribution in [0.3, 0.4) is 0 Å². The molecule has 3 rings (SSSR count). The molecule has 2 aromatic carbocycles. The third-order valence-electron chi connectivity index (χ3n) is 2.79. The van der Waals surface area contributed by atoms with E-state index in [1.54, 1.807) is 30.3 Å². The highest BCUT2D eigenvalue weighted by molar-refractivity contribution is 7.19. The van der Waals surface area contributed by atoms with Crippen LogP contribution in [0.1, 0.15) is 4.88 Å². The van der Waals surface area contributed by atoms with Crippen LogP contribution in [-0.2, 0) is 6.61 Å². The summed E-state index contributed by atoms with van der Waals surface area (Å²) in [7, 11) is 0. The van der Waals surface area contributed by atoms with Crippen LogP contribution in [0.4, 0.5) is 0 Å². The molecule has 0 spiro atoms. The lowest BCUT2D eigenvalue weighted by Gasteiger charge is -2.03. The Kier molecular flexibility index (Phi) is 3.01. The van der Waals surface area contributed by atoms with Crippen LogP contribution in [0.15, 0.2) is 48.5 Å². The number of fused-ring (bicyclic) bond motifs is 1. The molecular weight excluding hydrogens is 260 g/mol. The van der Waals surface area contributed by atoms with Crippen molar-refractivity contribution in [3.63, 3.8) is 0 Å². The molecule has 0 amide bonds. The third-order valence-corrected chi connectivity index (χ3v) is 3.94. The molecule has 19 heavy (non-hydrogen) atoms. The van der Waals surface area contributed by atoms with E-state index in [0.29, 0.717) is 18.1 Å². The van der Waals surface area contributed by atoms with Crippen molar-refractivity contribution in [1.82, 2.24) is 0 Å². The maximum Gasteiger partial charge on any atom is 0.133 e. The molecule has 0 fully saturated rings. The Morgan fingerprint density at radius 2 is 1.79 bits per heavy atom. The molecular formula is C15H12O3S. The van der Waals surface area contributed by atoms with Gasteiger partial charge in [0, 0.05) is 4.88 Å². The molecule has 0 unspecified atom stereocenters. The molecule has 0 atom stereocenters. The molecule has 0 aliphatic carbocycles. The van der Waals surface area contributed by atoms with Crippen LogP contribution < -0.4 is 4.74 Å². The van der Waals surface area contributed by atoms with Crippen molar-refractivity contribution in [3.05, 3.63) is 53.4 Å². The summed E-state index contributed by atoms with van der Waals surface area (Å²) in [6.07, 6.45) is 0. The fourth-order valence-electron chi connectivity index (χ4n) is 1.87. The molecule has 0 aliphatic rings. The fourth-order valence-corrected chi connectivity index (χ4v) is 2.85. The van der Waals surface area contributed by atoms with E-state index in [9.17, 15) is 10.2 Å². The van der Waals surface area contributed by atoms with E-state index < -0.39 is 0 Å². The molecule has 3 nitrogen and oxygen atoms in total. The standard InChI is InChI=1S/C15H12O3S/c16-11-4-6-12(7-5-11)18-9-13-8-10-2-1-3-14(17)15(10)19-13/h1-8,16-17H,9H2. The number of thiophene rings is 1. The average molecular weight is 272 g/mol. The molecule has 0 bridgehead atoms. The maximum absolute atomic E-state index is 9.74. The highest BCUT2D eigenvalue weighted by atomic mass is 32.1. The maximum atomic E-state index is 9.74. The van der Waals surface area contributed by atoms with Crippen LogP contribution in [0.5, 0.6) is 17.2 Å². The molecule has 4 heteroatoms. The summed E-state index contributed by atoms with van der Waals surface area (Å²) >= 11 is 1.52. The predicted octanol–water partition coefficient (Wildman–Crippen LogP) is 3.89. The van der Waals surface area contributed by atoms with Gasteiger partial charge in [-0.15, -0.1) is 11.3 Å². The highest BCUT2D eigenvalue weighted by Gasteiger charge is 2.06. The average Bonchev–Trinajstić information content (AvgIpc) is 2.83. The normalized spacial score (nSPS) is 10.7. The first-order valence-corrected chi connectivity index (χ1v) is 6.66. The van der Waals surface area contributed by atoms with Crippen LogP contribution in [0.2, 0.25) is 0 Å². The topological polar surface area (TPSA) is 49.7 Å². The second-order valence-electron chi connectivity index (χ2n) is 4.19. The van der Waals surface area contributed by atoms with Gasteiger partial charge >= 0.3 is 0 Å². The van der Waals surface area contributed by atoms with Crippen molar-refractivity contribution in [2.45, 2.75) is 6.61 Å². The summed E-state index contributed by atoms with van der Waals surface area (Å²) in [5, 5.41) is 20.0. The lowest BCUT2D eigenvalue weighted by Crippen LogP contribution is -1.91. The summed E-state index contributed by atoms with van der Waals surface area (Å²) < 4.78 is 6.52. The van der Waals surface area contributed by atoms with E-state index in [0.717, 1.165) is 15.0 Å². The number of phenolic OH excluding ortho intramolecular Hbond substituents is 2. The summed E-state index contributed by atoms with van der Waals surface area (Å²) in [6.45, 7) is 0.448. The molecule has 0 saturated heterocycles. The molecule has 1 heterocycles. The predicted molar refractivity (Wildman–Crippen MR) is 75.9 cm³/mol. The Hall–Kier alpha value is -2.20. The lowest BCUT2D eigenvalue weighted by molar-refractivity contribution is 0.309. The fraction of sp³-hybridized carbons (Fsp3) is 0.0667. The van der Waals surface area contributed by atoms with E-state index in [-0.39, 0.29) is 5.75 Å². The van der Waals surface area contributed by atoms with Crippen molar-refractivity contribution in [2.75, 3.05) is 0 Å². The molecule has 2 N–H and O–H groups in total. The molecule has 3 aromatic rings. The van der Waals surface area contributed by atoms with Gasteiger partial charge in [0.25, 0.3) is 0 Å². The summed E-state index contributed by atoms with van der Waals surface area (Å²) in [5.41, 5.74) is 0. The van der Waals surface area contributed by atoms with Crippen molar-refractivity contribution in [2.24, 2.45) is 0 Å². The Bertz CT molecular complexity index is 701. The minimum atomic E-state index is 0.221. The van der Waals surface area contributed by atoms with Gasteiger partial charge in [0.2, 0.25) is 0 Å². The van der Waals surface area contributed by atoms with E-state index in [2.05, 4.69) is 0 Å². The number of phenols is 2. The molecule has 0 aliphatic heterocycles. The van der Waals surface area contributed by atoms with Crippen LogP contribution >= 0.6 is 11.3 Å². The van der Waals surface area contributed by atoms with Gasteiger partial charge in [0.05, 0.1) is 4.70 Å². The van der Waals surface area contributed by atoms with Gasteiger partial charge in [0.1, 0.15) is 23.9 Å². The molecule has 0 saturated carbocycles. The Morgan fingerprint density at radius 3 is 2.53 bits per heavy atom. The minimum Gasteiger partial charge on any atom is -0.508 e. The highest BCUT2D eigenvalue weighted by Crippen LogP contribution is 2.33. The van der Waals surface area contributed by atoms with Crippen LogP contribution in [-0.4, -0.2) is 10.2 Å². The van der Waals surface area contributed by atoms with E-state index in [4.69, 9.17) is 4.74 Å². The quantitative estimate of drug-likeness (QED) is 0.760. The number of hydrogen-bond acceptors (Lipinski definition) is 4. The van der Waals surface area contributed by atoms with E-state index in [1.807, 2.05) is 18.2 Å². The number of aromatic hydroxyl groups is 2. The lowest BCUT2D eigenvalue weighted by atomic mass is 10.2. The summed E-state index contributed by atoms with van der Waals surface area (Å²) in [4.78, 5) is 1.05. The van der Waals surface area contributed by atoms with Crippen molar-refractivity contribution < 1.29 is 14.9 Å². The molecule has 1 aromatic heterocycles. The monoisotopic (exact) mass is 272 g/mol. The Labute approximate surface area is 114 Å². The van der Waals surface area contributed by atoms with Gasteiger partial charge in [-0.05, 0) is 41.8 Å². The first kappa shape index (κ1) is 11.9. The van der Waals surface area contributed by atoms with Crippen molar-refractivity contribution in [1.29, 1.82) is 0 Å². The summed E-state index contributed by atoms with van der Waals surface area (Å²) in [6, 6.07) is 14.1. The zero-order valence-electron chi connectivity index (χ0n) is 10.0. The minimum absolute atomic E-state index is 0.221. The van der Waals surface area contributed by atoms with Crippen molar-refractivity contribution >= 4 is 21.4 Å². The number of ether oxygens (including phenoxy) is 1. The van der Waals surface area contributed by atoms with Crippen LogP contribution in [0.25, 0.3) is 10.1 Å². The number of rotatable bonds is 3. The third kappa shape index (κ3) is 2.48. The zero-order valence-corrected chi connectivity index (χ0v) is 10.9. The SMILES string of the molecule is Oc1ccc(OCc2cc3cccc(O)c3s2)cc1.